The molecule has 9 heteroatoms. The Labute approximate surface area is 209 Å². The molecule has 2 aromatic carbocycles. The Morgan fingerprint density at radius 1 is 1.00 bits per heavy atom. The molecule has 1 fully saturated rings. The molecule has 0 saturated carbocycles. The molecule has 0 aromatic heterocycles. The maximum absolute atomic E-state index is 13.6. The Hall–Kier alpha value is -2.78. The number of aryl methyl sites for hydroxylation is 1. The molecular formula is C26H37N3O5S. The Morgan fingerprint density at radius 3 is 2.31 bits per heavy atom. The summed E-state index contributed by atoms with van der Waals surface area (Å²) in [6.45, 7) is 5.16. The minimum atomic E-state index is -4.03. The minimum absolute atomic E-state index is 0.106. The first kappa shape index (κ1) is 26.8. The highest BCUT2D eigenvalue weighted by Crippen LogP contribution is 2.35. The number of carbonyl (C=O) groups is 1. The fraction of sp³-hybridized carbons (Fsp3) is 0.500. The molecule has 1 amide bonds. The number of sulfonamides is 1. The molecule has 1 heterocycles. The van der Waals surface area contributed by atoms with Gasteiger partial charge in [0.05, 0.1) is 24.8 Å². The molecule has 1 aliphatic heterocycles. The van der Waals surface area contributed by atoms with Crippen LogP contribution in [-0.4, -0.2) is 66.2 Å². The van der Waals surface area contributed by atoms with Crippen LogP contribution in [0.5, 0.6) is 11.5 Å². The molecule has 1 aliphatic rings. The summed E-state index contributed by atoms with van der Waals surface area (Å²) in [7, 11) is -1.05. The number of ether oxygens (including phenoxy) is 2. The average Bonchev–Trinajstić information content (AvgIpc) is 3.14. The van der Waals surface area contributed by atoms with Crippen molar-refractivity contribution in [1.29, 1.82) is 0 Å². The number of hydrogen-bond acceptors (Lipinski definition) is 6. The monoisotopic (exact) mass is 503 g/mol. The number of carbonyl (C=O) groups excluding carboxylic acids is 1. The molecule has 2 aromatic rings. The molecule has 0 atom stereocenters. The SMILES string of the molecule is COc1ccc(N(CC(=O)NCCCN2CCCCCC2)S(=O)(=O)c2ccc(C)cc2)c(OC)c1. The van der Waals surface area contributed by atoms with Crippen LogP contribution in [0.25, 0.3) is 0 Å². The molecular weight excluding hydrogens is 466 g/mol. The summed E-state index contributed by atoms with van der Waals surface area (Å²) in [5.74, 6) is 0.458. The standard InChI is InChI=1S/C26H37N3O5S/c1-21-9-12-23(13-10-21)35(31,32)29(24-14-11-22(33-2)19-25(24)34-3)20-26(30)27-15-8-18-28-16-6-4-5-7-17-28/h9-14,19H,4-8,15-18,20H2,1-3H3,(H,27,30). The van der Waals surface area contributed by atoms with Gasteiger partial charge in [-0.1, -0.05) is 30.5 Å². The van der Waals surface area contributed by atoms with Crippen molar-refractivity contribution < 1.29 is 22.7 Å². The highest BCUT2D eigenvalue weighted by Gasteiger charge is 2.29. The van der Waals surface area contributed by atoms with Gasteiger partial charge in [0, 0.05) is 12.6 Å². The summed E-state index contributed by atoms with van der Waals surface area (Å²) in [6, 6.07) is 11.4. The van der Waals surface area contributed by atoms with E-state index >= 15 is 0 Å². The Kier molecular flexibility index (Phi) is 9.80. The Balaban J connectivity index is 1.75. The number of nitrogens with zero attached hydrogens (tertiary/aromatic N) is 2. The van der Waals surface area contributed by atoms with Gasteiger partial charge in [-0.3, -0.25) is 9.10 Å². The lowest BCUT2D eigenvalue weighted by molar-refractivity contribution is -0.119. The zero-order valence-corrected chi connectivity index (χ0v) is 21.8. The molecule has 0 spiro atoms. The van der Waals surface area contributed by atoms with E-state index in [2.05, 4.69) is 10.2 Å². The van der Waals surface area contributed by atoms with Gasteiger partial charge in [-0.15, -0.1) is 0 Å². The molecule has 0 radical (unpaired) electrons. The van der Waals surface area contributed by atoms with Crippen molar-refractivity contribution in [3.8, 4) is 11.5 Å². The number of rotatable bonds is 11. The quantitative estimate of drug-likeness (QED) is 0.472. The van der Waals surface area contributed by atoms with Gasteiger partial charge >= 0.3 is 0 Å². The number of anilines is 1. The van der Waals surface area contributed by atoms with Crippen molar-refractivity contribution in [2.45, 2.75) is 43.9 Å². The van der Waals surface area contributed by atoms with E-state index in [0.29, 0.717) is 18.0 Å². The smallest absolute Gasteiger partial charge is 0.264 e. The summed E-state index contributed by atoms with van der Waals surface area (Å²) >= 11 is 0. The molecule has 8 nitrogen and oxygen atoms in total. The zero-order chi connectivity index (χ0) is 25.3. The van der Waals surface area contributed by atoms with Gasteiger partial charge in [0.25, 0.3) is 10.0 Å². The first-order valence-corrected chi connectivity index (χ1v) is 13.6. The second-order valence-electron chi connectivity index (χ2n) is 8.82. The van der Waals surface area contributed by atoms with Gasteiger partial charge in [-0.25, -0.2) is 8.42 Å². The molecule has 1 saturated heterocycles. The van der Waals surface area contributed by atoms with E-state index in [1.807, 2.05) is 6.92 Å². The number of likely N-dealkylation sites (tertiary alicyclic amines) is 1. The first-order chi connectivity index (χ1) is 16.8. The highest BCUT2D eigenvalue weighted by molar-refractivity contribution is 7.92. The second kappa shape index (κ2) is 12.8. The van der Waals surface area contributed by atoms with Crippen molar-refractivity contribution in [3.63, 3.8) is 0 Å². The van der Waals surface area contributed by atoms with Crippen LogP contribution in [0.4, 0.5) is 5.69 Å². The minimum Gasteiger partial charge on any atom is -0.497 e. The van der Waals surface area contributed by atoms with Crippen molar-refractivity contribution in [1.82, 2.24) is 10.2 Å². The lowest BCUT2D eigenvalue weighted by Crippen LogP contribution is -2.41. The summed E-state index contributed by atoms with van der Waals surface area (Å²) in [6.07, 6.45) is 5.84. The summed E-state index contributed by atoms with van der Waals surface area (Å²) < 4.78 is 39.0. The largest absolute Gasteiger partial charge is 0.497 e. The second-order valence-corrected chi connectivity index (χ2v) is 10.7. The van der Waals surface area contributed by atoms with Crippen LogP contribution in [0, 0.1) is 6.92 Å². The third kappa shape index (κ3) is 7.35. The average molecular weight is 504 g/mol. The van der Waals surface area contributed by atoms with Gasteiger partial charge in [0.2, 0.25) is 5.91 Å². The van der Waals surface area contributed by atoms with Gasteiger partial charge in [0.15, 0.2) is 0 Å². The number of methoxy groups -OCH3 is 2. The van der Waals surface area contributed by atoms with Crippen molar-refractivity contribution in [2.75, 3.05) is 51.2 Å². The van der Waals surface area contributed by atoms with Gasteiger partial charge in [0.1, 0.15) is 18.0 Å². The predicted molar refractivity (Wildman–Crippen MR) is 138 cm³/mol. The van der Waals surface area contributed by atoms with E-state index in [-0.39, 0.29) is 23.0 Å². The van der Waals surface area contributed by atoms with Crippen LogP contribution in [0.15, 0.2) is 47.4 Å². The fourth-order valence-electron chi connectivity index (χ4n) is 4.20. The van der Waals surface area contributed by atoms with Crippen LogP contribution in [0.3, 0.4) is 0 Å². The van der Waals surface area contributed by atoms with Crippen molar-refractivity contribution >= 4 is 21.6 Å². The molecule has 35 heavy (non-hydrogen) atoms. The van der Waals surface area contributed by atoms with Crippen LogP contribution < -0.4 is 19.1 Å². The van der Waals surface area contributed by atoms with Crippen LogP contribution in [0.2, 0.25) is 0 Å². The molecule has 0 aliphatic carbocycles. The van der Waals surface area contributed by atoms with Crippen molar-refractivity contribution in [3.05, 3.63) is 48.0 Å². The molecule has 3 rings (SSSR count). The predicted octanol–water partition coefficient (Wildman–Crippen LogP) is 3.59. The van der Waals surface area contributed by atoms with Crippen LogP contribution in [0.1, 0.15) is 37.7 Å². The number of hydrogen-bond donors (Lipinski definition) is 1. The number of benzene rings is 2. The summed E-state index contributed by atoms with van der Waals surface area (Å²) in [4.78, 5) is 15.4. The first-order valence-electron chi connectivity index (χ1n) is 12.2. The Morgan fingerprint density at radius 2 is 1.69 bits per heavy atom. The van der Waals surface area contributed by atoms with Gasteiger partial charge < -0.3 is 19.7 Å². The van der Waals surface area contributed by atoms with E-state index in [9.17, 15) is 13.2 Å². The highest BCUT2D eigenvalue weighted by atomic mass is 32.2. The number of nitrogens with one attached hydrogen (secondary N) is 1. The molecule has 0 unspecified atom stereocenters. The van der Waals surface area contributed by atoms with E-state index in [4.69, 9.17) is 9.47 Å². The number of amides is 1. The van der Waals surface area contributed by atoms with Gasteiger partial charge in [-0.2, -0.15) is 0 Å². The lowest BCUT2D eigenvalue weighted by Gasteiger charge is -2.26. The summed E-state index contributed by atoms with van der Waals surface area (Å²) in [5.41, 5.74) is 1.22. The molecule has 192 valence electrons. The summed E-state index contributed by atoms with van der Waals surface area (Å²) in [5, 5.41) is 2.89. The zero-order valence-electron chi connectivity index (χ0n) is 21.0. The van der Waals surface area contributed by atoms with E-state index in [1.54, 1.807) is 42.5 Å². The molecule has 0 bridgehead atoms. The van der Waals surface area contributed by atoms with E-state index in [0.717, 1.165) is 35.9 Å². The maximum atomic E-state index is 13.6. The fourth-order valence-corrected chi connectivity index (χ4v) is 5.64. The normalized spacial score (nSPS) is 14.7. The van der Waals surface area contributed by atoms with Crippen LogP contribution in [-0.2, 0) is 14.8 Å². The van der Waals surface area contributed by atoms with Crippen molar-refractivity contribution in [2.24, 2.45) is 0 Å². The third-order valence-corrected chi connectivity index (χ3v) is 8.00. The van der Waals surface area contributed by atoms with E-state index < -0.39 is 10.0 Å². The topological polar surface area (TPSA) is 88.2 Å². The maximum Gasteiger partial charge on any atom is 0.264 e. The van der Waals surface area contributed by atoms with Crippen LogP contribution >= 0.6 is 0 Å². The van der Waals surface area contributed by atoms with Gasteiger partial charge in [-0.05, 0) is 70.1 Å². The Bertz CT molecular complexity index is 1060. The third-order valence-electron chi connectivity index (χ3n) is 6.22. The van der Waals surface area contributed by atoms with E-state index in [1.165, 1.54) is 39.9 Å². The molecule has 1 N–H and O–H groups in total. The lowest BCUT2D eigenvalue weighted by atomic mass is 10.2.